The standard InChI is InChI=1S/C27H27F9N2O4S/c1-23(2,40)20(29)14-37-22(39)38-12-11-24(43(41,42)18-7-5-17(28)6-8-18)19-9-4-16(13-15(19)3-10-21(24)38)25(30,26(31,32)33)27(34,35)36/h4-9,13,20-21,40H,3,10-12,14H2,1-2H3,(H,37,39)/t20-,21-,24-/m1/s1. The van der Waals surface area contributed by atoms with E-state index in [-0.39, 0.29) is 43.0 Å². The lowest BCUT2D eigenvalue weighted by molar-refractivity contribution is -0.348. The molecule has 1 heterocycles. The number of amides is 2. The fourth-order valence-corrected chi connectivity index (χ4v) is 8.19. The normalized spacial score (nSPS) is 22.1. The number of likely N-dealkylation sites (tertiary alicyclic amines) is 1. The molecule has 2 N–H and O–H groups in total. The van der Waals surface area contributed by atoms with Crippen molar-refractivity contribution in [2.45, 2.75) is 78.6 Å². The third-order valence-corrected chi connectivity index (χ3v) is 10.7. The van der Waals surface area contributed by atoms with Gasteiger partial charge in [-0.25, -0.2) is 26.4 Å². The van der Waals surface area contributed by atoms with E-state index in [2.05, 4.69) is 5.32 Å². The minimum Gasteiger partial charge on any atom is -0.387 e. The van der Waals surface area contributed by atoms with Crippen LogP contribution in [-0.4, -0.2) is 67.7 Å². The van der Waals surface area contributed by atoms with Crippen LogP contribution in [0.5, 0.6) is 0 Å². The molecule has 0 bridgehead atoms. The molecule has 2 amide bonds. The highest BCUT2D eigenvalue weighted by Crippen LogP contribution is 2.56. The number of nitrogens with zero attached hydrogens (tertiary/aromatic N) is 1. The van der Waals surface area contributed by atoms with Crippen LogP contribution in [0.15, 0.2) is 47.4 Å². The van der Waals surface area contributed by atoms with Crippen LogP contribution in [0.3, 0.4) is 0 Å². The van der Waals surface area contributed by atoms with Gasteiger partial charge in [-0.05, 0) is 68.5 Å². The predicted molar refractivity (Wildman–Crippen MR) is 135 cm³/mol. The zero-order valence-electron chi connectivity index (χ0n) is 22.7. The first kappa shape index (κ1) is 32.9. The lowest BCUT2D eigenvalue weighted by atomic mass is 9.77. The minimum atomic E-state index is -6.39. The molecule has 2 aliphatic rings. The Balaban J connectivity index is 1.86. The van der Waals surface area contributed by atoms with Crippen molar-refractivity contribution in [3.05, 3.63) is 65.0 Å². The molecule has 0 radical (unpaired) electrons. The quantitative estimate of drug-likeness (QED) is 0.315. The molecule has 0 saturated carbocycles. The van der Waals surface area contributed by atoms with Crippen LogP contribution in [-0.2, 0) is 26.7 Å². The number of aliphatic hydroxyl groups is 1. The van der Waals surface area contributed by atoms with Crippen molar-refractivity contribution in [3.63, 3.8) is 0 Å². The topological polar surface area (TPSA) is 86.7 Å². The maximum atomic E-state index is 14.9. The van der Waals surface area contributed by atoms with Gasteiger partial charge >= 0.3 is 24.1 Å². The van der Waals surface area contributed by atoms with Crippen LogP contribution in [0.4, 0.5) is 44.3 Å². The molecule has 6 nitrogen and oxygen atoms in total. The van der Waals surface area contributed by atoms with Crippen LogP contribution in [0, 0.1) is 5.82 Å². The number of aryl methyl sites for hydroxylation is 1. The number of fused-ring (bicyclic) bond motifs is 3. The highest BCUT2D eigenvalue weighted by Gasteiger charge is 2.73. The number of halogens is 9. The molecule has 0 aromatic heterocycles. The summed E-state index contributed by atoms with van der Waals surface area (Å²) in [4.78, 5) is 13.8. The molecule has 1 saturated heterocycles. The number of hydrogen-bond acceptors (Lipinski definition) is 4. The maximum absolute atomic E-state index is 14.9. The molecular weight excluding hydrogens is 619 g/mol. The van der Waals surface area contributed by atoms with Gasteiger partial charge in [0.1, 0.15) is 16.7 Å². The average Bonchev–Trinajstić information content (AvgIpc) is 3.31. The number of nitrogens with one attached hydrogen (secondary N) is 1. The summed E-state index contributed by atoms with van der Waals surface area (Å²) in [6.07, 6.45) is -15.7. The number of alkyl halides is 8. The smallest absolute Gasteiger partial charge is 0.387 e. The summed E-state index contributed by atoms with van der Waals surface area (Å²) in [5.41, 5.74) is -9.90. The minimum absolute atomic E-state index is 0.226. The van der Waals surface area contributed by atoms with E-state index in [4.69, 9.17) is 0 Å². The fourth-order valence-electron chi connectivity index (χ4n) is 5.83. The maximum Gasteiger partial charge on any atom is 0.435 e. The molecule has 238 valence electrons. The fraction of sp³-hybridized carbons (Fsp3) is 0.519. The van der Waals surface area contributed by atoms with Gasteiger partial charge in [-0.2, -0.15) is 26.3 Å². The highest BCUT2D eigenvalue weighted by atomic mass is 32.2. The van der Waals surface area contributed by atoms with Gasteiger partial charge in [-0.1, -0.05) is 18.2 Å². The van der Waals surface area contributed by atoms with E-state index in [1.165, 1.54) is 0 Å². The Bertz CT molecular complexity index is 1470. The Hall–Kier alpha value is -3.01. The molecule has 1 aliphatic carbocycles. The molecule has 0 unspecified atom stereocenters. The Kier molecular flexibility index (Phi) is 8.08. The monoisotopic (exact) mass is 646 g/mol. The van der Waals surface area contributed by atoms with Crippen molar-refractivity contribution < 1.29 is 57.8 Å². The second kappa shape index (κ2) is 10.6. The Morgan fingerprint density at radius 1 is 1.05 bits per heavy atom. The van der Waals surface area contributed by atoms with E-state index in [1.807, 2.05) is 0 Å². The Morgan fingerprint density at radius 2 is 1.63 bits per heavy atom. The first-order chi connectivity index (χ1) is 19.6. The molecule has 43 heavy (non-hydrogen) atoms. The summed E-state index contributed by atoms with van der Waals surface area (Å²) in [6.45, 7) is 1.39. The van der Waals surface area contributed by atoms with E-state index in [1.54, 1.807) is 0 Å². The summed E-state index contributed by atoms with van der Waals surface area (Å²) < 4.78 is 150. The number of carbonyl (C=O) groups is 1. The van der Waals surface area contributed by atoms with Crippen LogP contribution < -0.4 is 5.32 Å². The number of rotatable bonds is 6. The lowest BCUT2D eigenvalue weighted by Gasteiger charge is -2.43. The van der Waals surface area contributed by atoms with Crippen molar-refractivity contribution >= 4 is 15.9 Å². The molecule has 2 aromatic rings. The first-order valence-corrected chi connectivity index (χ1v) is 14.4. The second-order valence-corrected chi connectivity index (χ2v) is 13.4. The molecule has 0 spiro atoms. The van der Waals surface area contributed by atoms with Gasteiger partial charge in [0.15, 0.2) is 9.84 Å². The van der Waals surface area contributed by atoms with Gasteiger partial charge in [0, 0.05) is 12.1 Å². The van der Waals surface area contributed by atoms with Crippen molar-refractivity contribution in [2.24, 2.45) is 0 Å². The number of urea groups is 1. The van der Waals surface area contributed by atoms with Crippen molar-refractivity contribution in [3.8, 4) is 0 Å². The molecule has 1 fully saturated rings. The zero-order valence-corrected chi connectivity index (χ0v) is 23.5. The molecular formula is C27H27F9N2O4S. The van der Waals surface area contributed by atoms with Crippen LogP contribution >= 0.6 is 0 Å². The van der Waals surface area contributed by atoms with E-state index in [0.29, 0.717) is 12.1 Å². The third kappa shape index (κ3) is 5.23. The largest absolute Gasteiger partial charge is 0.435 e. The predicted octanol–water partition coefficient (Wildman–Crippen LogP) is 5.62. The van der Waals surface area contributed by atoms with Gasteiger partial charge in [0.2, 0.25) is 0 Å². The number of hydrogen-bond donors (Lipinski definition) is 2. The molecule has 2 aromatic carbocycles. The molecule has 1 aliphatic heterocycles. The van der Waals surface area contributed by atoms with E-state index in [9.17, 15) is 57.8 Å². The van der Waals surface area contributed by atoms with Gasteiger partial charge in [0.25, 0.3) is 0 Å². The molecule has 4 rings (SSSR count). The van der Waals surface area contributed by atoms with Crippen molar-refractivity contribution in [1.29, 1.82) is 0 Å². The summed E-state index contributed by atoms with van der Waals surface area (Å²) in [6, 6.07) is 2.62. The van der Waals surface area contributed by atoms with E-state index < -0.39 is 79.3 Å². The summed E-state index contributed by atoms with van der Waals surface area (Å²) in [5.74, 6) is -0.791. The van der Waals surface area contributed by atoms with Crippen molar-refractivity contribution in [1.82, 2.24) is 10.2 Å². The van der Waals surface area contributed by atoms with Gasteiger partial charge in [0.05, 0.1) is 23.1 Å². The van der Waals surface area contributed by atoms with E-state index in [0.717, 1.165) is 43.0 Å². The van der Waals surface area contributed by atoms with Gasteiger partial charge in [-0.3, -0.25) is 0 Å². The highest BCUT2D eigenvalue weighted by molar-refractivity contribution is 7.92. The average molecular weight is 647 g/mol. The first-order valence-electron chi connectivity index (χ1n) is 13.0. The number of benzene rings is 2. The molecule has 3 atom stereocenters. The summed E-state index contributed by atoms with van der Waals surface area (Å²) >= 11 is 0. The van der Waals surface area contributed by atoms with E-state index >= 15 is 0 Å². The number of sulfone groups is 1. The number of carbonyl (C=O) groups excluding carboxylic acids is 1. The Labute approximate surface area is 240 Å². The summed E-state index contributed by atoms with van der Waals surface area (Å²) in [5, 5.41) is 12.1. The zero-order chi connectivity index (χ0) is 32.4. The Morgan fingerprint density at radius 3 is 2.16 bits per heavy atom. The van der Waals surface area contributed by atoms with Crippen LogP contribution in [0.2, 0.25) is 0 Å². The third-order valence-electron chi connectivity index (χ3n) is 8.13. The molecule has 16 heteroatoms. The van der Waals surface area contributed by atoms with Gasteiger partial charge < -0.3 is 15.3 Å². The van der Waals surface area contributed by atoms with Crippen LogP contribution in [0.25, 0.3) is 0 Å². The summed E-state index contributed by atoms with van der Waals surface area (Å²) in [7, 11) is -4.66. The SMILES string of the molecule is CC(C)(O)[C@H](F)CNC(=O)N1CC[C@@]2(S(=O)(=O)c3ccc(F)cc3)c3ccc(C(F)(C(F)(F)F)C(F)(F)F)cc3CC[C@@H]12. The van der Waals surface area contributed by atoms with Crippen molar-refractivity contribution in [2.75, 3.05) is 13.1 Å². The van der Waals surface area contributed by atoms with Crippen LogP contribution in [0.1, 0.15) is 43.4 Å². The second-order valence-electron chi connectivity index (χ2n) is 11.2. The lowest BCUT2D eigenvalue weighted by Crippen LogP contribution is -2.55. The van der Waals surface area contributed by atoms with Gasteiger partial charge in [-0.15, -0.1) is 0 Å².